The van der Waals surface area contributed by atoms with E-state index in [-0.39, 0.29) is 11.7 Å². The number of oxazole rings is 1. The first-order valence-electron chi connectivity index (χ1n) is 4.76. The predicted octanol–water partition coefficient (Wildman–Crippen LogP) is 0.156. The van der Waals surface area contributed by atoms with Crippen molar-refractivity contribution in [1.29, 1.82) is 0 Å². The average Bonchev–Trinajstić information content (AvgIpc) is 2.87. The zero-order chi connectivity index (χ0) is 9.80. The summed E-state index contributed by atoms with van der Waals surface area (Å²) in [6.07, 6.45) is 4.97. The summed E-state index contributed by atoms with van der Waals surface area (Å²) in [5, 5.41) is 6.09. The molecule has 1 aliphatic rings. The minimum Gasteiger partial charge on any atom is -0.438 e. The van der Waals surface area contributed by atoms with E-state index in [9.17, 15) is 4.79 Å². The predicted molar refractivity (Wildman–Crippen MR) is 49.9 cm³/mol. The Morgan fingerprint density at radius 3 is 3.36 bits per heavy atom. The molecule has 2 rings (SSSR count). The van der Waals surface area contributed by atoms with Gasteiger partial charge >= 0.3 is 0 Å². The van der Waals surface area contributed by atoms with E-state index in [1.54, 1.807) is 0 Å². The van der Waals surface area contributed by atoms with Gasteiger partial charge in [0.15, 0.2) is 6.39 Å². The molecular weight excluding hydrogens is 182 g/mol. The van der Waals surface area contributed by atoms with E-state index in [4.69, 9.17) is 4.42 Å². The molecule has 1 aliphatic heterocycles. The molecule has 0 radical (unpaired) electrons. The number of nitrogens with zero attached hydrogens (tertiary/aromatic N) is 1. The third-order valence-electron chi connectivity index (χ3n) is 2.33. The molecule has 14 heavy (non-hydrogen) atoms. The molecule has 2 heterocycles. The Morgan fingerprint density at radius 2 is 2.71 bits per heavy atom. The fourth-order valence-electron chi connectivity index (χ4n) is 1.56. The summed E-state index contributed by atoms with van der Waals surface area (Å²) >= 11 is 0. The summed E-state index contributed by atoms with van der Waals surface area (Å²) in [7, 11) is 0. The zero-order valence-corrected chi connectivity index (χ0v) is 7.82. The molecule has 1 saturated heterocycles. The second-order valence-electron chi connectivity index (χ2n) is 3.37. The van der Waals surface area contributed by atoms with Gasteiger partial charge in [0, 0.05) is 12.6 Å². The van der Waals surface area contributed by atoms with Crippen LogP contribution in [0.25, 0.3) is 0 Å². The monoisotopic (exact) mass is 195 g/mol. The quantitative estimate of drug-likeness (QED) is 0.720. The van der Waals surface area contributed by atoms with Crippen molar-refractivity contribution in [3.8, 4) is 0 Å². The van der Waals surface area contributed by atoms with Crippen LogP contribution in [-0.2, 0) is 0 Å². The van der Waals surface area contributed by atoms with Crippen LogP contribution in [0.4, 0.5) is 0 Å². The van der Waals surface area contributed by atoms with Gasteiger partial charge in [-0.25, -0.2) is 4.98 Å². The third kappa shape index (κ3) is 2.11. The highest BCUT2D eigenvalue weighted by Gasteiger charge is 2.16. The minimum absolute atomic E-state index is 0.198. The van der Waals surface area contributed by atoms with Crippen LogP contribution in [0, 0.1) is 0 Å². The Balaban J connectivity index is 1.78. The topological polar surface area (TPSA) is 67.2 Å². The van der Waals surface area contributed by atoms with Crippen LogP contribution >= 0.6 is 0 Å². The van der Waals surface area contributed by atoms with Crippen LogP contribution in [0.3, 0.4) is 0 Å². The Kier molecular flexibility index (Phi) is 2.78. The Hall–Kier alpha value is -1.36. The summed E-state index contributed by atoms with van der Waals surface area (Å²) in [6, 6.07) is 0.405. The molecule has 0 aliphatic carbocycles. The first-order chi connectivity index (χ1) is 6.86. The van der Waals surface area contributed by atoms with E-state index in [2.05, 4.69) is 15.6 Å². The highest BCUT2D eigenvalue weighted by atomic mass is 16.3. The molecular formula is C9H13N3O2. The van der Waals surface area contributed by atoms with Crippen LogP contribution in [0.15, 0.2) is 17.0 Å². The van der Waals surface area contributed by atoms with Crippen molar-refractivity contribution in [2.24, 2.45) is 0 Å². The van der Waals surface area contributed by atoms with Gasteiger partial charge in [-0.15, -0.1) is 0 Å². The molecule has 2 N–H and O–H groups in total. The normalized spacial score (nSPS) is 21.0. The number of hydrogen-bond donors (Lipinski definition) is 2. The van der Waals surface area contributed by atoms with Crippen LogP contribution in [0.2, 0.25) is 0 Å². The maximum atomic E-state index is 11.4. The lowest BCUT2D eigenvalue weighted by molar-refractivity contribution is 0.0922. The molecule has 1 aromatic rings. The fourth-order valence-corrected chi connectivity index (χ4v) is 1.56. The van der Waals surface area contributed by atoms with E-state index in [0.717, 1.165) is 13.0 Å². The van der Waals surface area contributed by atoms with Gasteiger partial charge in [-0.05, 0) is 19.4 Å². The van der Waals surface area contributed by atoms with E-state index in [1.807, 2.05) is 0 Å². The van der Waals surface area contributed by atoms with Crippen molar-refractivity contribution in [2.75, 3.05) is 13.1 Å². The van der Waals surface area contributed by atoms with Gasteiger partial charge in [0.2, 0.25) is 5.76 Å². The van der Waals surface area contributed by atoms with Gasteiger partial charge in [0.25, 0.3) is 5.91 Å². The van der Waals surface area contributed by atoms with Crippen molar-refractivity contribution < 1.29 is 9.21 Å². The molecule has 0 bridgehead atoms. The van der Waals surface area contributed by atoms with Gasteiger partial charge in [-0.2, -0.15) is 0 Å². The second-order valence-corrected chi connectivity index (χ2v) is 3.37. The van der Waals surface area contributed by atoms with Crippen molar-refractivity contribution in [3.63, 3.8) is 0 Å². The first kappa shape index (κ1) is 9.21. The summed E-state index contributed by atoms with van der Waals surface area (Å²) in [6.45, 7) is 1.70. The molecule has 0 saturated carbocycles. The van der Waals surface area contributed by atoms with E-state index in [0.29, 0.717) is 12.6 Å². The Morgan fingerprint density at radius 1 is 1.79 bits per heavy atom. The highest BCUT2D eigenvalue weighted by molar-refractivity contribution is 5.90. The number of carbonyl (C=O) groups excluding carboxylic acids is 1. The van der Waals surface area contributed by atoms with Crippen molar-refractivity contribution in [1.82, 2.24) is 15.6 Å². The van der Waals surface area contributed by atoms with Crippen molar-refractivity contribution >= 4 is 5.91 Å². The van der Waals surface area contributed by atoms with Crippen LogP contribution in [-0.4, -0.2) is 30.0 Å². The van der Waals surface area contributed by atoms with Gasteiger partial charge < -0.3 is 15.1 Å². The number of amides is 1. The summed E-state index contributed by atoms with van der Waals surface area (Å²) in [4.78, 5) is 15.1. The molecule has 5 heteroatoms. The molecule has 1 fully saturated rings. The molecule has 0 spiro atoms. The number of carbonyl (C=O) groups is 1. The van der Waals surface area contributed by atoms with E-state index < -0.39 is 0 Å². The number of aromatic nitrogens is 1. The molecule has 1 aromatic heterocycles. The van der Waals surface area contributed by atoms with Crippen LogP contribution < -0.4 is 10.6 Å². The SMILES string of the molecule is O=C(NCC1CCCN1)c1cnco1. The lowest BCUT2D eigenvalue weighted by Gasteiger charge is -2.09. The van der Waals surface area contributed by atoms with Gasteiger partial charge in [0.1, 0.15) is 0 Å². The van der Waals surface area contributed by atoms with Gasteiger partial charge in [-0.1, -0.05) is 0 Å². The Bertz CT molecular complexity index is 291. The molecule has 0 aromatic carbocycles. The Labute approximate surface area is 81.9 Å². The lowest BCUT2D eigenvalue weighted by Crippen LogP contribution is -2.37. The molecule has 76 valence electrons. The number of rotatable bonds is 3. The first-order valence-corrected chi connectivity index (χ1v) is 4.76. The third-order valence-corrected chi connectivity index (χ3v) is 2.33. The molecule has 1 atom stereocenters. The number of hydrogen-bond acceptors (Lipinski definition) is 4. The van der Waals surface area contributed by atoms with Gasteiger partial charge in [-0.3, -0.25) is 4.79 Å². The number of nitrogens with one attached hydrogen (secondary N) is 2. The molecule has 1 amide bonds. The van der Waals surface area contributed by atoms with E-state index in [1.165, 1.54) is 19.0 Å². The maximum Gasteiger partial charge on any atom is 0.288 e. The highest BCUT2D eigenvalue weighted by Crippen LogP contribution is 2.03. The van der Waals surface area contributed by atoms with E-state index >= 15 is 0 Å². The van der Waals surface area contributed by atoms with Crippen molar-refractivity contribution in [3.05, 3.63) is 18.4 Å². The summed E-state index contributed by atoms with van der Waals surface area (Å²) in [5.74, 6) is 0.0687. The molecule has 1 unspecified atom stereocenters. The molecule has 5 nitrogen and oxygen atoms in total. The average molecular weight is 195 g/mol. The largest absolute Gasteiger partial charge is 0.438 e. The van der Waals surface area contributed by atoms with Crippen LogP contribution in [0.5, 0.6) is 0 Å². The zero-order valence-electron chi connectivity index (χ0n) is 7.82. The van der Waals surface area contributed by atoms with Crippen LogP contribution in [0.1, 0.15) is 23.4 Å². The maximum absolute atomic E-state index is 11.4. The lowest BCUT2D eigenvalue weighted by atomic mass is 10.2. The summed E-state index contributed by atoms with van der Waals surface area (Å²) in [5.41, 5.74) is 0. The minimum atomic E-state index is -0.198. The second kappa shape index (κ2) is 4.23. The van der Waals surface area contributed by atoms with Gasteiger partial charge in [0.05, 0.1) is 6.20 Å². The van der Waals surface area contributed by atoms with Crippen molar-refractivity contribution in [2.45, 2.75) is 18.9 Å². The summed E-state index contributed by atoms with van der Waals surface area (Å²) < 4.78 is 4.87. The smallest absolute Gasteiger partial charge is 0.288 e. The fraction of sp³-hybridized carbons (Fsp3) is 0.556. The standard InChI is InChI=1S/C9H13N3O2/c13-9(8-5-10-6-14-8)12-4-7-2-1-3-11-7/h5-7,11H,1-4H2,(H,12,13).